The molecule has 1 aliphatic rings. The van der Waals surface area contributed by atoms with Crippen molar-refractivity contribution in [3.05, 3.63) is 36.3 Å². The van der Waals surface area contributed by atoms with E-state index in [-0.39, 0.29) is 30.8 Å². The standard InChI is InChI=1S/C18H19ClFN7O2/c1-3-14(28)26-8-12(20)13(9-26)29-17-15-11(19)6-21-16(15)24-18(25-17)23-10-5-22-27(4-2)7-10/h3,5-7,12-13H,1,4,8-9H2,2H3,(H2,21,23,24,25)/t12-,13+/m1/s1. The summed E-state index contributed by atoms with van der Waals surface area (Å²) in [5.74, 6) is 0.0304. The number of nitrogens with one attached hydrogen (secondary N) is 2. The number of aromatic nitrogens is 5. The molecule has 3 aromatic heterocycles. The van der Waals surface area contributed by atoms with Crippen molar-refractivity contribution in [2.75, 3.05) is 18.4 Å². The number of aromatic amines is 1. The van der Waals surface area contributed by atoms with Crippen LogP contribution in [0.2, 0.25) is 5.02 Å². The second-order valence-corrected chi connectivity index (χ2v) is 6.95. The first kappa shape index (κ1) is 19.2. The van der Waals surface area contributed by atoms with Crippen molar-refractivity contribution < 1.29 is 13.9 Å². The second-order valence-electron chi connectivity index (χ2n) is 6.54. The summed E-state index contributed by atoms with van der Waals surface area (Å²) >= 11 is 6.24. The van der Waals surface area contributed by atoms with E-state index in [4.69, 9.17) is 16.3 Å². The first-order valence-corrected chi connectivity index (χ1v) is 9.42. The fraction of sp³-hybridized carbons (Fsp3) is 0.333. The van der Waals surface area contributed by atoms with Gasteiger partial charge in [-0.25, -0.2) is 4.39 Å². The Kier molecular flexibility index (Phi) is 5.10. The summed E-state index contributed by atoms with van der Waals surface area (Å²) in [7, 11) is 0. The normalized spacial score (nSPS) is 18.9. The minimum atomic E-state index is -1.36. The van der Waals surface area contributed by atoms with Gasteiger partial charge in [0.05, 0.1) is 35.4 Å². The smallest absolute Gasteiger partial charge is 0.246 e. The molecule has 0 unspecified atom stereocenters. The summed E-state index contributed by atoms with van der Waals surface area (Å²) in [5.41, 5.74) is 1.14. The van der Waals surface area contributed by atoms with Crippen molar-refractivity contribution in [2.45, 2.75) is 25.7 Å². The number of H-pyrrole nitrogens is 1. The number of carbonyl (C=O) groups is 1. The van der Waals surface area contributed by atoms with E-state index in [9.17, 15) is 9.18 Å². The van der Waals surface area contributed by atoms with Crippen LogP contribution in [-0.2, 0) is 11.3 Å². The number of nitrogens with zero attached hydrogens (tertiary/aromatic N) is 5. The van der Waals surface area contributed by atoms with Gasteiger partial charge in [-0.15, -0.1) is 0 Å². The van der Waals surface area contributed by atoms with Crippen molar-refractivity contribution in [3.63, 3.8) is 0 Å². The Bertz CT molecular complexity index is 1070. The van der Waals surface area contributed by atoms with Gasteiger partial charge < -0.3 is 19.9 Å². The van der Waals surface area contributed by atoms with E-state index in [1.807, 2.05) is 13.1 Å². The third-order valence-electron chi connectivity index (χ3n) is 4.61. The molecule has 2 atom stereocenters. The van der Waals surface area contributed by atoms with Crippen LogP contribution in [0, 0.1) is 0 Å². The summed E-state index contributed by atoms with van der Waals surface area (Å²) < 4.78 is 22.1. The predicted molar refractivity (Wildman–Crippen MR) is 106 cm³/mol. The molecule has 0 aromatic carbocycles. The largest absolute Gasteiger partial charge is 0.469 e. The molecule has 1 aliphatic heterocycles. The van der Waals surface area contributed by atoms with Gasteiger partial charge in [-0.1, -0.05) is 18.2 Å². The fourth-order valence-corrected chi connectivity index (χ4v) is 3.36. The molecule has 1 amide bonds. The van der Waals surface area contributed by atoms with Crippen LogP contribution in [0.25, 0.3) is 11.0 Å². The topological polar surface area (TPSA) is 101 Å². The summed E-state index contributed by atoms with van der Waals surface area (Å²) in [6, 6.07) is 0. The van der Waals surface area contributed by atoms with Gasteiger partial charge in [-0.05, 0) is 13.0 Å². The Morgan fingerprint density at radius 3 is 3.07 bits per heavy atom. The number of amides is 1. The van der Waals surface area contributed by atoms with Crippen LogP contribution in [-0.4, -0.2) is 60.9 Å². The van der Waals surface area contributed by atoms with Crippen LogP contribution in [0.4, 0.5) is 16.0 Å². The number of carbonyl (C=O) groups excluding carboxylic acids is 1. The molecule has 2 N–H and O–H groups in total. The predicted octanol–water partition coefficient (Wildman–Crippen LogP) is 2.69. The van der Waals surface area contributed by atoms with Gasteiger partial charge >= 0.3 is 0 Å². The molecule has 4 rings (SSSR count). The molecule has 0 aliphatic carbocycles. The zero-order chi connectivity index (χ0) is 20.5. The van der Waals surface area contributed by atoms with Gasteiger partial charge in [-0.3, -0.25) is 9.48 Å². The van der Waals surface area contributed by atoms with Crippen LogP contribution < -0.4 is 10.1 Å². The molecular formula is C18H19ClFN7O2. The number of anilines is 2. The number of likely N-dealkylation sites (tertiary alicyclic amines) is 1. The zero-order valence-electron chi connectivity index (χ0n) is 15.6. The molecule has 11 heteroatoms. The molecule has 0 bridgehead atoms. The first-order chi connectivity index (χ1) is 14.0. The lowest BCUT2D eigenvalue weighted by atomic mass is 10.3. The van der Waals surface area contributed by atoms with Crippen LogP contribution in [0.1, 0.15) is 6.92 Å². The Labute approximate surface area is 170 Å². The second kappa shape index (κ2) is 7.70. The number of rotatable bonds is 6. The maximum atomic E-state index is 14.5. The van der Waals surface area contributed by atoms with Crippen LogP contribution in [0.5, 0.6) is 5.88 Å². The Morgan fingerprint density at radius 1 is 1.52 bits per heavy atom. The van der Waals surface area contributed by atoms with E-state index in [1.165, 1.54) is 4.90 Å². The number of hydrogen-bond donors (Lipinski definition) is 2. The number of aryl methyl sites for hydroxylation is 1. The van der Waals surface area contributed by atoms with Gasteiger partial charge in [0, 0.05) is 18.9 Å². The SMILES string of the molecule is C=CC(=O)N1C[C@@H](F)[C@@H](Oc2nc(Nc3cnn(CC)c3)nc3[nH]cc(Cl)c23)C1. The molecule has 3 aromatic rings. The van der Waals surface area contributed by atoms with Crippen molar-refractivity contribution in [1.82, 2.24) is 29.6 Å². The number of alkyl halides is 1. The lowest BCUT2D eigenvalue weighted by molar-refractivity contribution is -0.125. The van der Waals surface area contributed by atoms with E-state index in [1.54, 1.807) is 17.1 Å². The fourth-order valence-electron chi connectivity index (χ4n) is 3.13. The summed E-state index contributed by atoms with van der Waals surface area (Å²) in [6.07, 6.45) is 3.93. The minimum Gasteiger partial charge on any atom is -0.469 e. The van der Waals surface area contributed by atoms with Crippen molar-refractivity contribution in [3.8, 4) is 5.88 Å². The molecule has 29 heavy (non-hydrogen) atoms. The van der Waals surface area contributed by atoms with E-state index >= 15 is 0 Å². The highest BCUT2D eigenvalue weighted by Crippen LogP contribution is 2.33. The number of halogens is 2. The van der Waals surface area contributed by atoms with E-state index in [0.29, 0.717) is 21.7 Å². The Morgan fingerprint density at radius 2 is 2.34 bits per heavy atom. The zero-order valence-corrected chi connectivity index (χ0v) is 16.4. The quantitative estimate of drug-likeness (QED) is 0.596. The Balaban J connectivity index is 1.63. The molecular weight excluding hydrogens is 401 g/mol. The minimum absolute atomic E-state index is 0.0636. The summed E-state index contributed by atoms with van der Waals surface area (Å²) in [4.78, 5) is 24.8. The average molecular weight is 420 g/mol. The van der Waals surface area contributed by atoms with Crippen molar-refractivity contribution in [2.24, 2.45) is 0 Å². The summed E-state index contributed by atoms with van der Waals surface area (Å²) in [5, 5.41) is 8.04. The van der Waals surface area contributed by atoms with Gasteiger partial charge in [-0.2, -0.15) is 15.1 Å². The molecule has 0 radical (unpaired) electrons. The molecule has 1 saturated heterocycles. The highest BCUT2D eigenvalue weighted by molar-refractivity contribution is 6.35. The molecule has 9 nitrogen and oxygen atoms in total. The van der Waals surface area contributed by atoms with E-state index < -0.39 is 12.3 Å². The summed E-state index contributed by atoms with van der Waals surface area (Å²) in [6.45, 7) is 6.16. The van der Waals surface area contributed by atoms with Crippen LogP contribution in [0.15, 0.2) is 31.2 Å². The maximum absolute atomic E-state index is 14.5. The third-order valence-corrected chi connectivity index (χ3v) is 4.91. The Hall–Kier alpha value is -3.14. The number of hydrogen-bond acceptors (Lipinski definition) is 6. The maximum Gasteiger partial charge on any atom is 0.246 e. The lowest BCUT2D eigenvalue weighted by Crippen LogP contribution is -2.30. The van der Waals surface area contributed by atoms with Gasteiger partial charge in [0.15, 0.2) is 12.3 Å². The highest BCUT2D eigenvalue weighted by atomic mass is 35.5. The van der Waals surface area contributed by atoms with Gasteiger partial charge in [0.25, 0.3) is 0 Å². The first-order valence-electron chi connectivity index (χ1n) is 9.04. The van der Waals surface area contributed by atoms with E-state index in [2.05, 4.69) is 31.9 Å². The molecule has 152 valence electrons. The molecule has 0 spiro atoms. The molecule has 1 fully saturated rings. The lowest BCUT2D eigenvalue weighted by Gasteiger charge is -2.16. The molecule has 0 saturated carbocycles. The van der Waals surface area contributed by atoms with E-state index in [0.717, 1.165) is 12.6 Å². The van der Waals surface area contributed by atoms with Crippen molar-refractivity contribution >= 4 is 40.2 Å². The van der Waals surface area contributed by atoms with Crippen molar-refractivity contribution in [1.29, 1.82) is 0 Å². The van der Waals surface area contributed by atoms with Gasteiger partial charge in [0.2, 0.25) is 17.7 Å². The van der Waals surface area contributed by atoms with Crippen LogP contribution in [0.3, 0.4) is 0 Å². The third kappa shape index (κ3) is 3.75. The molecule has 4 heterocycles. The van der Waals surface area contributed by atoms with Crippen LogP contribution >= 0.6 is 11.6 Å². The number of ether oxygens (including phenoxy) is 1. The highest BCUT2D eigenvalue weighted by Gasteiger charge is 2.37. The van der Waals surface area contributed by atoms with Gasteiger partial charge in [0.1, 0.15) is 5.65 Å². The average Bonchev–Trinajstić information content (AvgIpc) is 3.41. The monoisotopic (exact) mass is 419 g/mol. The number of fused-ring (bicyclic) bond motifs is 1.